The van der Waals surface area contributed by atoms with Crippen LogP contribution in [0.4, 0.5) is 0 Å². The van der Waals surface area contributed by atoms with Crippen molar-refractivity contribution >= 4 is 21.8 Å². The lowest BCUT2D eigenvalue weighted by atomic mass is 10.1. The Bertz CT molecular complexity index is 907. The molecule has 0 spiro atoms. The molecule has 1 saturated heterocycles. The summed E-state index contributed by atoms with van der Waals surface area (Å²) in [4.78, 5) is 17.4. The monoisotopic (exact) mass is 426 g/mol. The lowest BCUT2D eigenvalue weighted by Crippen LogP contribution is -2.48. The third-order valence-corrected chi connectivity index (χ3v) is 5.19. The van der Waals surface area contributed by atoms with Crippen LogP contribution in [0, 0.1) is 0 Å². The van der Waals surface area contributed by atoms with Crippen molar-refractivity contribution in [3.05, 3.63) is 70.5 Å². The fourth-order valence-corrected chi connectivity index (χ4v) is 3.63. The van der Waals surface area contributed by atoms with Crippen molar-refractivity contribution in [3.8, 4) is 5.69 Å². The number of rotatable bonds is 4. The first-order valence-corrected chi connectivity index (χ1v) is 9.58. The van der Waals surface area contributed by atoms with E-state index in [9.17, 15) is 4.79 Å². The number of amides is 1. The summed E-state index contributed by atoms with van der Waals surface area (Å²) in [6, 6.07) is 16.0. The minimum atomic E-state index is 0.00108. The van der Waals surface area contributed by atoms with Gasteiger partial charge in [0.15, 0.2) is 0 Å². The first-order valence-electron chi connectivity index (χ1n) is 8.79. The summed E-state index contributed by atoms with van der Waals surface area (Å²) in [5, 5.41) is 11.3. The molecule has 0 radical (unpaired) electrons. The van der Waals surface area contributed by atoms with Gasteiger partial charge in [-0.05, 0) is 34.2 Å². The summed E-state index contributed by atoms with van der Waals surface area (Å²) in [7, 11) is 0. The fraction of sp³-hybridized carbons (Fsp3) is 0.263. The Morgan fingerprint density at radius 1 is 1.04 bits per heavy atom. The second-order valence-corrected chi connectivity index (χ2v) is 7.39. The summed E-state index contributed by atoms with van der Waals surface area (Å²) in [5.74, 6) is 0.00108. The first-order chi connectivity index (χ1) is 13.2. The molecule has 1 fully saturated rings. The van der Waals surface area contributed by atoms with Crippen LogP contribution in [0.1, 0.15) is 15.9 Å². The van der Waals surface area contributed by atoms with E-state index in [1.54, 1.807) is 0 Å². The first kappa shape index (κ1) is 17.8. The molecule has 3 aromatic rings. The van der Waals surface area contributed by atoms with Crippen molar-refractivity contribution in [3.63, 3.8) is 0 Å². The average molecular weight is 427 g/mol. The Morgan fingerprint density at radius 2 is 1.81 bits per heavy atom. The van der Waals surface area contributed by atoms with Crippen LogP contribution in [0.25, 0.3) is 5.69 Å². The smallest absolute Gasteiger partial charge is 0.256 e. The summed E-state index contributed by atoms with van der Waals surface area (Å²) in [5.41, 5.74) is 2.57. The molecule has 1 aliphatic heterocycles. The molecule has 0 unspecified atom stereocenters. The van der Waals surface area contributed by atoms with Gasteiger partial charge in [0.05, 0.1) is 11.3 Å². The minimum absolute atomic E-state index is 0.00108. The summed E-state index contributed by atoms with van der Waals surface area (Å²) in [6.07, 6.45) is 1.50. The van der Waals surface area contributed by atoms with Gasteiger partial charge in [0.1, 0.15) is 6.33 Å². The van der Waals surface area contributed by atoms with Crippen molar-refractivity contribution in [2.45, 2.75) is 6.54 Å². The van der Waals surface area contributed by atoms with Crippen molar-refractivity contribution in [2.75, 3.05) is 26.2 Å². The average Bonchev–Trinajstić information content (AvgIpc) is 3.23. The van der Waals surface area contributed by atoms with Gasteiger partial charge < -0.3 is 4.90 Å². The molecule has 2 aromatic carbocycles. The van der Waals surface area contributed by atoms with Gasteiger partial charge in [-0.2, -0.15) is 4.68 Å². The second kappa shape index (κ2) is 7.98. The zero-order valence-corrected chi connectivity index (χ0v) is 16.3. The maximum Gasteiger partial charge on any atom is 0.256 e. The molecule has 1 amide bonds. The highest BCUT2D eigenvalue weighted by Crippen LogP contribution is 2.22. The van der Waals surface area contributed by atoms with Crippen molar-refractivity contribution < 1.29 is 4.79 Å². The zero-order chi connectivity index (χ0) is 18.6. The van der Waals surface area contributed by atoms with Crippen molar-refractivity contribution in [1.82, 2.24) is 30.0 Å². The van der Waals surface area contributed by atoms with Crippen molar-refractivity contribution in [1.29, 1.82) is 0 Å². The molecule has 0 saturated carbocycles. The molecular weight excluding hydrogens is 408 g/mol. The highest BCUT2D eigenvalue weighted by atomic mass is 79.9. The van der Waals surface area contributed by atoms with Crippen LogP contribution in [0.3, 0.4) is 0 Å². The fourth-order valence-electron chi connectivity index (χ4n) is 3.27. The van der Waals surface area contributed by atoms with Crippen LogP contribution < -0.4 is 0 Å². The highest BCUT2D eigenvalue weighted by molar-refractivity contribution is 9.10. The molecule has 138 valence electrons. The molecule has 7 nitrogen and oxygen atoms in total. The van der Waals surface area contributed by atoms with Crippen LogP contribution in [-0.4, -0.2) is 62.1 Å². The molecule has 27 heavy (non-hydrogen) atoms. The molecule has 0 bridgehead atoms. The Hall–Kier alpha value is -2.58. The summed E-state index contributed by atoms with van der Waals surface area (Å²) < 4.78 is 2.37. The number of benzene rings is 2. The van der Waals surface area contributed by atoms with E-state index in [0.29, 0.717) is 24.3 Å². The number of carbonyl (C=O) groups excluding carboxylic acids is 1. The number of piperazine rings is 1. The molecule has 0 aliphatic carbocycles. The Balaban J connectivity index is 1.46. The van der Waals surface area contributed by atoms with E-state index in [-0.39, 0.29) is 5.91 Å². The molecule has 1 aliphatic rings. The number of aromatic nitrogens is 4. The molecule has 4 rings (SSSR count). The molecule has 0 atom stereocenters. The number of hydrogen-bond donors (Lipinski definition) is 0. The third kappa shape index (κ3) is 4.06. The van der Waals surface area contributed by atoms with Crippen LogP contribution in [0.2, 0.25) is 0 Å². The number of tetrazole rings is 1. The molecule has 1 aromatic heterocycles. The molecule has 2 heterocycles. The van der Waals surface area contributed by atoms with Gasteiger partial charge in [-0.1, -0.05) is 46.3 Å². The van der Waals surface area contributed by atoms with E-state index in [0.717, 1.165) is 24.1 Å². The number of hydrogen-bond acceptors (Lipinski definition) is 5. The highest BCUT2D eigenvalue weighted by Gasteiger charge is 2.25. The van der Waals surface area contributed by atoms with Crippen LogP contribution in [0.15, 0.2) is 59.3 Å². The standard InChI is InChI=1S/C19H19BrN6O/c20-16-6-7-18(26-14-21-22-23-26)17(12-16)19(27)25-10-8-24(9-11-25)13-15-4-2-1-3-5-15/h1-7,12,14H,8-11,13H2. The maximum atomic E-state index is 13.1. The third-order valence-electron chi connectivity index (χ3n) is 4.69. The molecule has 8 heteroatoms. The van der Waals surface area contributed by atoms with Crippen molar-refractivity contribution in [2.24, 2.45) is 0 Å². The SMILES string of the molecule is O=C(c1cc(Br)ccc1-n1cnnn1)N1CCN(Cc2ccccc2)CC1. The maximum absolute atomic E-state index is 13.1. The lowest BCUT2D eigenvalue weighted by molar-refractivity contribution is 0.0628. The van der Waals surface area contributed by atoms with Gasteiger partial charge >= 0.3 is 0 Å². The Labute approximate surface area is 165 Å². The van der Waals surface area contributed by atoms with E-state index in [4.69, 9.17) is 0 Å². The van der Waals surface area contributed by atoms with Gasteiger partial charge in [0, 0.05) is 37.2 Å². The Kier molecular flexibility index (Phi) is 5.26. The number of carbonyl (C=O) groups is 1. The van der Waals surface area contributed by atoms with E-state index in [1.165, 1.54) is 16.6 Å². The zero-order valence-electron chi connectivity index (χ0n) is 14.7. The minimum Gasteiger partial charge on any atom is -0.336 e. The van der Waals surface area contributed by atoms with E-state index in [1.807, 2.05) is 29.2 Å². The van der Waals surface area contributed by atoms with E-state index in [2.05, 4.69) is 60.6 Å². The predicted molar refractivity (Wildman–Crippen MR) is 104 cm³/mol. The van der Waals surface area contributed by atoms with Gasteiger partial charge in [-0.15, -0.1) is 5.10 Å². The summed E-state index contributed by atoms with van der Waals surface area (Å²) in [6.45, 7) is 4.03. The Morgan fingerprint density at radius 3 is 2.52 bits per heavy atom. The van der Waals surface area contributed by atoms with Gasteiger partial charge in [-0.25, -0.2) is 0 Å². The van der Waals surface area contributed by atoms with E-state index >= 15 is 0 Å². The van der Waals surface area contributed by atoms with E-state index < -0.39 is 0 Å². The number of halogens is 1. The second-order valence-electron chi connectivity index (χ2n) is 6.47. The number of nitrogens with zero attached hydrogens (tertiary/aromatic N) is 6. The molecule has 0 N–H and O–H groups in total. The predicted octanol–water partition coefficient (Wildman–Crippen LogP) is 2.38. The lowest BCUT2D eigenvalue weighted by Gasteiger charge is -2.35. The van der Waals surface area contributed by atoms with Gasteiger partial charge in [0.2, 0.25) is 0 Å². The van der Waals surface area contributed by atoms with Crippen LogP contribution in [0.5, 0.6) is 0 Å². The summed E-state index contributed by atoms with van der Waals surface area (Å²) >= 11 is 3.46. The van der Waals surface area contributed by atoms with Gasteiger partial charge in [-0.3, -0.25) is 9.69 Å². The van der Waals surface area contributed by atoms with Crippen LogP contribution in [-0.2, 0) is 6.54 Å². The largest absolute Gasteiger partial charge is 0.336 e. The molecular formula is C19H19BrN6O. The van der Waals surface area contributed by atoms with Gasteiger partial charge in [0.25, 0.3) is 5.91 Å². The normalized spacial score (nSPS) is 15.1. The topological polar surface area (TPSA) is 67.2 Å². The van der Waals surface area contributed by atoms with Crippen LogP contribution >= 0.6 is 15.9 Å². The quantitative estimate of drug-likeness (QED) is 0.640.